The van der Waals surface area contributed by atoms with Crippen LogP contribution in [-0.4, -0.2) is 28.4 Å². The summed E-state index contributed by atoms with van der Waals surface area (Å²) >= 11 is 0. The van der Waals surface area contributed by atoms with Gasteiger partial charge in [0.05, 0.1) is 12.1 Å². The molecule has 0 spiro atoms. The molecule has 2 aromatic rings. The van der Waals surface area contributed by atoms with Gasteiger partial charge in [-0.05, 0) is 49.8 Å². The van der Waals surface area contributed by atoms with Crippen LogP contribution in [0, 0.1) is 11.7 Å². The lowest BCUT2D eigenvalue weighted by Crippen LogP contribution is -2.37. The van der Waals surface area contributed by atoms with Gasteiger partial charge in [0.25, 0.3) is 5.56 Å². The number of nitrogens with one attached hydrogen (secondary N) is 1. The quantitative estimate of drug-likeness (QED) is 0.890. The highest BCUT2D eigenvalue weighted by Gasteiger charge is 2.23. The third-order valence-electron chi connectivity index (χ3n) is 4.82. The predicted molar refractivity (Wildman–Crippen MR) is 91.5 cm³/mol. The highest BCUT2D eigenvalue weighted by molar-refractivity contribution is 5.85. The maximum atomic E-state index is 14.3. The maximum Gasteiger partial charge on any atom is 0.404 e. The third-order valence-corrected chi connectivity index (χ3v) is 4.82. The Hall–Kier alpha value is -2.57. The van der Waals surface area contributed by atoms with Crippen molar-refractivity contribution >= 4 is 17.0 Å². The lowest BCUT2D eigenvalue weighted by molar-refractivity contribution is 0.168. The van der Waals surface area contributed by atoms with E-state index in [1.807, 2.05) is 0 Å². The second-order valence-corrected chi connectivity index (χ2v) is 6.52. The second kappa shape index (κ2) is 7.13. The van der Waals surface area contributed by atoms with Gasteiger partial charge in [-0.2, -0.15) is 0 Å². The fraction of sp³-hybridized carbons (Fsp3) is 0.444. The summed E-state index contributed by atoms with van der Waals surface area (Å²) in [5, 5.41) is 12.0. The second-order valence-electron chi connectivity index (χ2n) is 6.52. The minimum atomic E-state index is -1.00. The van der Waals surface area contributed by atoms with E-state index in [0.29, 0.717) is 12.1 Å². The number of halogens is 1. The van der Waals surface area contributed by atoms with Gasteiger partial charge < -0.3 is 19.7 Å². The van der Waals surface area contributed by atoms with Gasteiger partial charge in [-0.25, -0.2) is 9.18 Å². The summed E-state index contributed by atoms with van der Waals surface area (Å²) in [6.07, 6.45) is 2.12. The lowest BCUT2D eigenvalue weighted by Gasteiger charge is -2.28. The Balaban J connectivity index is 1.72. The Morgan fingerprint density at radius 3 is 2.64 bits per heavy atom. The van der Waals surface area contributed by atoms with Gasteiger partial charge in [-0.15, -0.1) is 0 Å². The molecule has 0 atom stereocenters. The molecule has 1 aromatic heterocycles. The van der Waals surface area contributed by atoms with E-state index >= 15 is 0 Å². The van der Waals surface area contributed by atoms with Crippen LogP contribution in [0.4, 0.5) is 9.18 Å². The largest absolute Gasteiger partial charge is 0.488 e. The first-order valence-electron chi connectivity index (χ1n) is 8.36. The molecule has 1 aromatic carbocycles. The summed E-state index contributed by atoms with van der Waals surface area (Å²) in [6, 6.07) is 6.05. The molecule has 0 unspecified atom stereocenters. The normalized spacial score (nSPS) is 20.4. The van der Waals surface area contributed by atoms with E-state index in [9.17, 15) is 14.0 Å². The van der Waals surface area contributed by atoms with Crippen molar-refractivity contribution in [1.29, 1.82) is 0 Å². The van der Waals surface area contributed by atoms with E-state index in [-0.39, 0.29) is 23.3 Å². The van der Waals surface area contributed by atoms with Crippen molar-refractivity contribution in [3.8, 4) is 5.75 Å². The van der Waals surface area contributed by atoms with Crippen LogP contribution in [-0.2, 0) is 7.05 Å². The molecule has 1 fully saturated rings. The van der Waals surface area contributed by atoms with Crippen LogP contribution in [0.3, 0.4) is 0 Å². The number of pyridine rings is 1. The van der Waals surface area contributed by atoms with Crippen LogP contribution < -0.4 is 15.6 Å². The molecule has 0 bridgehead atoms. The highest BCUT2D eigenvalue weighted by Crippen LogP contribution is 2.30. The van der Waals surface area contributed by atoms with Crippen LogP contribution >= 0.6 is 0 Å². The van der Waals surface area contributed by atoms with Crippen LogP contribution in [0.1, 0.15) is 25.7 Å². The zero-order valence-corrected chi connectivity index (χ0v) is 14.0. The first kappa shape index (κ1) is 17.3. The zero-order valence-electron chi connectivity index (χ0n) is 14.0. The summed E-state index contributed by atoms with van der Waals surface area (Å²) < 4.78 is 21.4. The number of ether oxygens (including phenoxy) is 1. The van der Waals surface area contributed by atoms with E-state index in [1.54, 1.807) is 19.2 Å². The van der Waals surface area contributed by atoms with Crippen molar-refractivity contribution in [3.05, 3.63) is 40.4 Å². The van der Waals surface area contributed by atoms with E-state index < -0.39 is 11.9 Å². The number of carboxylic acid groups (broad SMARTS) is 1. The first-order valence-corrected chi connectivity index (χ1v) is 8.36. The summed E-state index contributed by atoms with van der Waals surface area (Å²) in [7, 11) is 1.60. The minimum Gasteiger partial charge on any atom is -0.488 e. The Morgan fingerprint density at radius 1 is 1.28 bits per heavy atom. The molecule has 25 heavy (non-hydrogen) atoms. The van der Waals surface area contributed by atoms with Crippen LogP contribution in [0.2, 0.25) is 0 Å². The van der Waals surface area contributed by atoms with Crippen molar-refractivity contribution in [2.24, 2.45) is 13.0 Å². The van der Waals surface area contributed by atoms with Gasteiger partial charge in [0.15, 0.2) is 11.6 Å². The molecule has 7 heteroatoms. The molecular weight excluding hydrogens is 327 g/mol. The lowest BCUT2D eigenvalue weighted by atomic mass is 9.86. The topological polar surface area (TPSA) is 80.6 Å². The number of amides is 1. The predicted octanol–water partition coefficient (Wildman–Crippen LogP) is 2.88. The van der Waals surface area contributed by atoms with Gasteiger partial charge in [-0.1, -0.05) is 0 Å². The Morgan fingerprint density at radius 2 is 1.96 bits per heavy atom. The Labute approximate surface area is 144 Å². The average molecular weight is 348 g/mol. The van der Waals surface area contributed by atoms with Crippen molar-refractivity contribution in [1.82, 2.24) is 9.88 Å². The van der Waals surface area contributed by atoms with E-state index in [4.69, 9.17) is 9.84 Å². The summed E-state index contributed by atoms with van der Waals surface area (Å²) in [4.78, 5) is 22.5. The molecule has 0 saturated heterocycles. The van der Waals surface area contributed by atoms with Gasteiger partial charge in [0.1, 0.15) is 0 Å². The maximum absolute atomic E-state index is 14.3. The highest BCUT2D eigenvalue weighted by atomic mass is 19.1. The fourth-order valence-corrected chi connectivity index (χ4v) is 3.41. The third kappa shape index (κ3) is 3.75. The fourth-order valence-electron chi connectivity index (χ4n) is 3.41. The molecule has 1 amide bonds. The SMILES string of the molecule is Cn1c(=O)ccc2ccc(F)c(OC[C@H]3CC[C@H](NC(=O)O)CC3)c21. The zero-order chi connectivity index (χ0) is 18.0. The average Bonchev–Trinajstić information content (AvgIpc) is 2.58. The monoisotopic (exact) mass is 348 g/mol. The van der Waals surface area contributed by atoms with Crippen LogP contribution in [0.15, 0.2) is 29.1 Å². The number of benzene rings is 1. The molecule has 1 saturated carbocycles. The van der Waals surface area contributed by atoms with Crippen molar-refractivity contribution in [2.45, 2.75) is 31.7 Å². The Kier molecular flexibility index (Phi) is 4.92. The number of aryl methyl sites for hydroxylation is 1. The summed E-state index contributed by atoms with van der Waals surface area (Å²) in [6.45, 7) is 0.346. The number of aromatic nitrogens is 1. The molecule has 1 aliphatic carbocycles. The smallest absolute Gasteiger partial charge is 0.404 e. The van der Waals surface area contributed by atoms with E-state index in [2.05, 4.69) is 5.32 Å². The van der Waals surface area contributed by atoms with Crippen molar-refractivity contribution in [2.75, 3.05) is 6.61 Å². The number of hydrogen-bond acceptors (Lipinski definition) is 3. The summed E-state index contributed by atoms with van der Waals surface area (Å²) in [5.74, 6) is -0.152. The van der Waals surface area contributed by atoms with Gasteiger partial charge in [0, 0.05) is 24.5 Å². The molecule has 134 valence electrons. The van der Waals surface area contributed by atoms with Crippen molar-refractivity contribution in [3.63, 3.8) is 0 Å². The molecule has 0 radical (unpaired) electrons. The van der Waals surface area contributed by atoms with Crippen LogP contribution in [0.5, 0.6) is 5.75 Å². The molecule has 1 aliphatic rings. The molecule has 3 rings (SSSR count). The van der Waals surface area contributed by atoms with Gasteiger partial charge in [-0.3, -0.25) is 4.79 Å². The minimum absolute atomic E-state index is 0.0242. The standard InChI is InChI=1S/C18H21FN2O4/c1-21-15(22)9-5-12-4-8-14(19)17(16(12)21)25-10-11-2-6-13(7-3-11)20-18(23)24/h4-5,8-9,11,13,20H,2-3,6-7,10H2,1H3,(H,23,24)/t11-,13-. The first-order chi connectivity index (χ1) is 12.0. The molecule has 2 N–H and O–H groups in total. The Bertz CT molecular complexity index is 841. The number of rotatable bonds is 4. The number of carbonyl (C=O) groups is 1. The van der Waals surface area contributed by atoms with Crippen LogP contribution in [0.25, 0.3) is 10.9 Å². The number of nitrogens with zero attached hydrogens (tertiary/aromatic N) is 1. The molecule has 6 nitrogen and oxygen atoms in total. The number of hydrogen-bond donors (Lipinski definition) is 2. The summed E-state index contributed by atoms with van der Waals surface area (Å²) in [5.41, 5.74) is 0.233. The molecule has 0 aliphatic heterocycles. The van der Waals surface area contributed by atoms with Gasteiger partial charge >= 0.3 is 6.09 Å². The van der Waals surface area contributed by atoms with Gasteiger partial charge in [0.2, 0.25) is 0 Å². The van der Waals surface area contributed by atoms with E-state index in [1.165, 1.54) is 16.7 Å². The molecular formula is C18H21FN2O4. The van der Waals surface area contributed by atoms with Crippen molar-refractivity contribution < 1.29 is 19.0 Å². The number of fused-ring (bicyclic) bond motifs is 1. The van der Waals surface area contributed by atoms with E-state index in [0.717, 1.165) is 31.1 Å². The molecule has 1 heterocycles.